The van der Waals surface area contributed by atoms with E-state index in [4.69, 9.17) is 4.42 Å². The van der Waals surface area contributed by atoms with Gasteiger partial charge in [-0.05, 0) is 31.9 Å². The van der Waals surface area contributed by atoms with Gasteiger partial charge in [-0.3, -0.25) is 4.98 Å². The van der Waals surface area contributed by atoms with E-state index in [-0.39, 0.29) is 5.82 Å². The molecular formula is C20H18FN3O. The summed E-state index contributed by atoms with van der Waals surface area (Å²) in [7, 11) is 0. The van der Waals surface area contributed by atoms with E-state index >= 15 is 0 Å². The summed E-state index contributed by atoms with van der Waals surface area (Å²) in [6.45, 7) is 5.84. The van der Waals surface area contributed by atoms with Gasteiger partial charge in [-0.25, -0.2) is 9.37 Å². The van der Waals surface area contributed by atoms with Crippen molar-refractivity contribution in [3.05, 3.63) is 71.7 Å². The monoisotopic (exact) mass is 335 g/mol. The molecule has 1 aliphatic carbocycles. The number of aryl methyl sites for hydroxylation is 2. The zero-order valence-corrected chi connectivity index (χ0v) is 14.0. The molecule has 126 valence electrons. The van der Waals surface area contributed by atoms with Gasteiger partial charge in [0.15, 0.2) is 0 Å². The summed E-state index contributed by atoms with van der Waals surface area (Å²) in [5.74, 6) is 2.16. The maximum Gasteiger partial charge on any atom is 0.148 e. The molecule has 0 saturated carbocycles. The Morgan fingerprint density at radius 2 is 2.04 bits per heavy atom. The van der Waals surface area contributed by atoms with Crippen LogP contribution < -0.4 is 5.32 Å². The second-order valence-corrected chi connectivity index (χ2v) is 6.16. The number of hydrogen-bond acceptors (Lipinski definition) is 4. The molecule has 0 saturated heterocycles. The van der Waals surface area contributed by atoms with E-state index in [1.807, 2.05) is 6.92 Å². The summed E-state index contributed by atoms with van der Waals surface area (Å²) >= 11 is 0. The molecule has 1 aromatic carbocycles. The van der Waals surface area contributed by atoms with Crippen LogP contribution in [0.5, 0.6) is 0 Å². The van der Waals surface area contributed by atoms with Gasteiger partial charge in [-0.2, -0.15) is 0 Å². The lowest BCUT2D eigenvalue weighted by Gasteiger charge is -2.10. The average molecular weight is 335 g/mol. The van der Waals surface area contributed by atoms with Gasteiger partial charge >= 0.3 is 0 Å². The lowest BCUT2D eigenvalue weighted by atomic mass is 10.1. The van der Waals surface area contributed by atoms with Crippen molar-refractivity contribution in [3.63, 3.8) is 0 Å². The third kappa shape index (κ3) is 2.82. The summed E-state index contributed by atoms with van der Waals surface area (Å²) in [5.41, 5.74) is 3.96. The predicted molar refractivity (Wildman–Crippen MR) is 95.6 cm³/mol. The highest BCUT2D eigenvalue weighted by Crippen LogP contribution is 2.36. The maximum absolute atomic E-state index is 13.8. The van der Waals surface area contributed by atoms with E-state index in [2.05, 4.69) is 21.9 Å². The van der Waals surface area contributed by atoms with Crippen LogP contribution in [0.2, 0.25) is 0 Å². The number of aromatic nitrogens is 2. The van der Waals surface area contributed by atoms with Crippen LogP contribution in [0, 0.1) is 12.7 Å². The Balaban J connectivity index is 1.57. The number of fused-ring (bicyclic) bond motifs is 1. The van der Waals surface area contributed by atoms with Crippen LogP contribution in [0.4, 0.5) is 10.2 Å². The zero-order chi connectivity index (χ0) is 17.4. The first-order valence-corrected chi connectivity index (χ1v) is 8.28. The van der Waals surface area contributed by atoms with Gasteiger partial charge in [-0.1, -0.05) is 18.7 Å². The van der Waals surface area contributed by atoms with Crippen molar-refractivity contribution < 1.29 is 8.81 Å². The molecule has 0 aliphatic heterocycles. The van der Waals surface area contributed by atoms with Crippen molar-refractivity contribution in [1.82, 2.24) is 9.97 Å². The van der Waals surface area contributed by atoms with Crippen molar-refractivity contribution in [2.45, 2.75) is 26.2 Å². The first-order valence-electron chi connectivity index (χ1n) is 8.28. The molecule has 5 heteroatoms. The van der Waals surface area contributed by atoms with Crippen LogP contribution in [0.1, 0.15) is 29.1 Å². The van der Waals surface area contributed by atoms with Gasteiger partial charge in [-0.15, -0.1) is 0 Å². The summed E-state index contributed by atoms with van der Waals surface area (Å²) in [4.78, 5) is 8.91. The molecule has 0 fully saturated rings. The molecule has 2 heterocycles. The molecule has 0 radical (unpaired) electrons. The van der Waals surface area contributed by atoms with E-state index in [9.17, 15) is 4.39 Å². The molecule has 1 aliphatic rings. The van der Waals surface area contributed by atoms with Gasteiger partial charge < -0.3 is 9.73 Å². The summed E-state index contributed by atoms with van der Waals surface area (Å²) in [6, 6.07) is 6.48. The van der Waals surface area contributed by atoms with Crippen LogP contribution in [-0.4, -0.2) is 9.97 Å². The molecule has 0 amide bonds. The van der Waals surface area contributed by atoms with Gasteiger partial charge in [0.2, 0.25) is 0 Å². The zero-order valence-electron chi connectivity index (χ0n) is 14.0. The van der Waals surface area contributed by atoms with Gasteiger partial charge in [0, 0.05) is 28.8 Å². The maximum atomic E-state index is 13.8. The lowest BCUT2D eigenvalue weighted by Crippen LogP contribution is -2.02. The van der Waals surface area contributed by atoms with Gasteiger partial charge in [0.25, 0.3) is 0 Å². The number of furan rings is 1. The molecular weight excluding hydrogens is 317 g/mol. The smallest absolute Gasteiger partial charge is 0.148 e. The van der Waals surface area contributed by atoms with Crippen LogP contribution >= 0.6 is 0 Å². The fraction of sp³-hybridized carbons (Fsp3) is 0.200. The molecule has 3 aromatic rings. The SMILES string of the molecule is C=C(Nc1cnc(-c2c(C)oc3c2CCC3)cn1)c1ccccc1F. The van der Waals surface area contributed by atoms with Crippen LogP contribution in [0.25, 0.3) is 17.0 Å². The molecule has 0 spiro atoms. The van der Waals surface area contributed by atoms with E-state index in [0.29, 0.717) is 17.1 Å². The van der Waals surface area contributed by atoms with Crippen molar-refractivity contribution in [2.24, 2.45) is 0 Å². The third-order valence-electron chi connectivity index (χ3n) is 4.48. The van der Waals surface area contributed by atoms with Crippen LogP contribution in [-0.2, 0) is 12.8 Å². The largest absolute Gasteiger partial charge is 0.465 e. The highest BCUT2D eigenvalue weighted by Gasteiger charge is 2.24. The lowest BCUT2D eigenvalue weighted by molar-refractivity contribution is 0.489. The minimum Gasteiger partial charge on any atom is -0.465 e. The van der Waals surface area contributed by atoms with E-state index in [1.54, 1.807) is 30.6 Å². The van der Waals surface area contributed by atoms with Crippen LogP contribution in [0.15, 0.2) is 47.7 Å². The summed E-state index contributed by atoms with van der Waals surface area (Å²) in [5, 5.41) is 3.01. The average Bonchev–Trinajstić information content (AvgIpc) is 3.16. The second-order valence-electron chi connectivity index (χ2n) is 6.16. The quantitative estimate of drug-likeness (QED) is 0.747. The van der Waals surface area contributed by atoms with Gasteiger partial charge in [0.1, 0.15) is 23.2 Å². The second kappa shape index (κ2) is 6.16. The molecule has 1 N–H and O–H groups in total. The fourth-order valence-electron chi connectivity index (χ4n) is 3.33. The number of anilines is 1. The predicted octanol–water partition coefficient (Wildman–Crippen LogP) is 4.76. The van der Waals surface area contributed by atoms with Crippen molar-refractivity contribution in [2.75, 3.05) is 5.32 Å². The van der Waals surface area contributed by atoms with Crippen molar-refractivity contribution in [3.8, 4) is 11.3 Å². The summed E-state index contributed by atoms with van der Waals surface area (Å²) < 4.78 is 19.7. The molecule has 2 aromatic heterocycles. The van der Waals surface area contributed by atoms with Crippen molar-refractivity contribution >= 4 is 11.5 Å². The van der Waals surface area contributed by atoms with E-state index in [0.717, 1.165) is 42.0 Å². The molecule has 0 bridgehead atoms. The van der Waals surface area contributed by atoms with Crippen LogP contribution in [0.3, 0.4) is 0 Å². The number of hydrogen-bond donors (Lipinski definition) is 1. The first-order chi connectivity index (χ1) is 12.1. The Kier molecular flexibility index (Phi) is 3.84. The Hall–Kier alpha value is -2.95. The third-order valence-corrected chi connectivity index (χ3v) is 4.48. The number of nitrogens with one attached hydrogen (secondary N) is 1. The molecule has 4 rings (SSSR count). The number of nitrogens with zero attached hydrogens (tertiary/aromatic N) is 2. The number of benzene rings is 1. The summed E-state index contributed by atoms with van der Waals surface area (Å²) in [6.07, 6.45) is 6.49. The van der Waals surface area contributed by atoms with Gasteiger partial charge in [0.05, 0.1) is 18.1 Å². The minimum absolute atomic E-state index is 0.325. The minimum atomic E-state index is -0.325. The molecule has 0 unspecified atom stereocenters. The highest BCUT2D eigenvalue weighted by molar-refractivity contribution is 5.74. The normalized spacial score (nSPS) is 12.9. The Bertz CT molecular complexity index is 944. The molecule has 25 heavy (non-hydrogen) atoms. The Morgan fingerprint density at radius 3 is 2.80 bits per heavy atom. The molecule has 0 atom stereocenters. The van der Waals surface area contributed by atoms with E-state index < -0.39 is 0 Å². The topological polar surface area (TPSA) is 51.0 Å². The Labute approximate surface area is 145 Å². The van der Waals surface area contributed by atoms with E-state index in [1.165, 1.54) is 11.6 Å². The molecule has 4 nitrogen and oxygen atoms in total. The number of rotatable bonds is 4. The number of halogens is 1. The highest BCUT2D eigenvalue weighted by atomic mass is 19.1. The first kappa shape index (κ1) is 15.6. The van der Waals surface area contributed by atoms with Crippen molar-refractivity contribution in [1.29, 1.82) is 0 Å². The standard InChI is InChI=1S/C20H18FN3O/c1-12(14-6-3-4-8-16(14)21)24-19-11-22-17(10-23-19)20-13(2)25-18-9-5-7-15(18)20/h3-4,6,8,10-11H,1,5,7,9H2,2H3,(H,23,24). The fourth-order valence-corrected chi connectivity index (χ4v) is 3.33. The Morgan fingerprint density at radius 1 is 1.20 bits per heavy atom.